The summed E-state index contributed by atoms with van der Waals surface area (Å²) in [6, 6.07) is 17.9. The van der Waals surface area contributed by atoms with E-state index in [1.54, 1.807) is 0 Å². The predicted molar refractivity (Wildman–Crippen MR) is 136 cm³/mol. The van der Waals surface area contributed by atoms with Crippen molar-refractivity contribution in [2.45, 2.75) is 38.8 Å². The van der Waals surface area contributed by atoms with Gasteiger partial charge in [0, 0.05) is 6.92 Å². The summed E-state index contributed by atoms with van der Waals surface area (Å²) in [5.41, 5.74) is 2.34. The number of carbonyl (C=O) groups is 3. The van der Waals surface area contributed by atoms with Crippen molar-refractivity contribution in [3.8, 4) is 0 Å². The molecule has 0 aliphatic heterocycles. The lowest BCUT2D eigenvalue weighted by Crippen LogP contribution is -2.68. The van der Waals surface area contributed by atoms with Crippen LogP contribution < -0.4 is 21.1 Å². The minimum atomic E-state index is -2.96. The molecule has 0 bridgehead atoms. The number of methoxy groups -OCH3 is 1. The van der Waals surface area contributed by atoms with E-state index < -0.39 is 32.3 Å². The first-order valence-electron chi connectivity index (χ1n) is 11.4. The number of aliphatic hydroxyl groups excluding tert-OH is 1. The minimum absolute atomic E-state index is 0.0930. The number of ether oxygens (including phenoxy) is 1. The third-order valence-corrected chi connectivity index (χ3v) is 10.6. The predicted octanol–water partition coefficient (Wildman–Crippen LogP) is 1.16. The van der Waals surface area contributed by atoms with E-state index >= 15 is 0 Å². The molecule has 0 fully saturated rings. The number of nitrogens with one attached hydrogen (secondary N) is 2. The van der Waals surface area contributed by atoms with Gasteiger partial charge < -0.3 is 19.6 Å². The number of nitrogens with zero attached hydrogens (tertiary/aromatic N) is 1. The van der Waals surface area contributed by atoms with Crippen LogP contribution in [0.25, 0.3) is 0 Å². The number of rotatable bonds is 9. The number of hydrazine groups is 1. The molecule has 0 aromatic heterocycles. The lowest BCUT2D eigenvalue weighted by Gasteiger charge is -2.43. The molecule has 9 nitrogen and oxygen atoms in total. The third-order valence-electron chi connectivity index (χ3n) is 5.61. The Labute approximate surface area is 207 Å². The molecule has 1 unspecified atom stereocenters. The minimum Gasteiger partial charge on any atom is -0.467 e. The highest BCUT2D eigenvalue weighted by atomic mass is 28.4. The van der Waals surface area contributed by atoms with Crippen LogP contribution in [-0.2, 0) is 18.8 Å². The van der Waals surface area contributed by atoms with Gasteiger partial charge >= 0.3 is 12.0 Å². The average molecular weight is 502 g/mol. The first kappa shape index (κ1) is 28.0. The van der Waals surface area contributed by atoms with Gasteiger partial charge in [-0.15, -0.1) is 0 Å². The van der Waals surface area contributed by atoms with E-state index in [1.165, 1.54) is 14.0 Å². The topological polar surface area (TPSA) is 117 Å². The zero-order valence-electron chi connectivity index (χ0n) is 20.9. The largest absolute Gasteiger partial charge is 0.467 e. The van der Waals surface area contributed by atoms with Gasteiger partial charge in [-0.1, -0.05) is 81.4 Å². The lowest BCUT2D eigenvalue weighted by molar-refractivity contribution is -0.143. The summed E-state index contributed by atoms with van der Waals surface area (Å²) in [5.74, 6) is -1.15. The van der Waals surface area contributed by atoms with E-state index in [9.17, 15) is 14.4 Å². The summed E-state index contributed by atoms with van der Waals surface area (Å²) < 4.78 is 11.6. The smallest absolute Gasteiger partial charge is 0.334 e. The first-order valence-corrected chi connectivity index (χ1v) is 13.3. The molecule has 2 aromatic rings. The highest BCUT2D eigenvalue weighted by Crippen LogP contribution is 2.36. The summed E-state index contributed by atoms with van der Waals surface area (Å²) >= 11 is 0. The molecule has 3 N–H and O–H groups in total. The summed E-state index contributed by atoms with van der Waals surface area (Å²) in [6.07, 6.45) is 0. The normalized spacial score (nSPS) is 12.4. The van der Waals surface area contributed by atoms with Crippen LogP contribution in [0.4, 0.5) is 4.79 Å². The second-order valence-electron chi connectivity index (χ2n) is 9.03. The van der Waals surface area contributed by atoms with Crippen LogP contribution in [0.15, 0.2) is 60.7 Å². The lowest BCUT2D eigenvalue weighted by atomic mass is 10.2. The number of benzene rings is 2. The van der Waals surface area contributed by atoms with Crippen LogP contribution in [-0.4, -0.2) is 69.3 Å². The summed E-state index contributed by atoms with van der Waals surface area (Å²) in [7, 11) is -1.73. The standard InChI is InChI=1S/C25H35N3O6Si/c1-19(30)28(16-17-29)27-24(32)26-22(23(31)33-5)18-34-35(25(2,3)4,20-12-8-6-9-13-20)21-14-10-7-11-15-21/h6-15,22,29H,16-18H2,1-5H3,(H2,26,27,32). The summed E-state index contributed by atoms with van der Waals surface area (Å²) in [4.78, 5) is 36.8. The Balaban J connectivity index is 2.40. The van der Waals surface area contributed by atoms with Crippen LogP contribution in [0, 0.1) is 0 Å². The molecule has 190 valence electrons. The number of esters is 1. The molecule has 0 aliphatic rings. The molecule has 3 amide bonds. The molecule has 0 saturated heterocycles. The van der Waals surface area contributed by atoms with Gasteiger partial charge in [-0.3, -0.25) is 9.80 Å². The maximum absolute atomic E-state index is 12.6. The highest BCUT2D eigenvalue weighted by Gasteiger charge is 2.50. The molecule has 0 heterocycles. The van der Waals surface area contributed by atoms with E-state index in [4.69, 9.17) is 14.3 Å². The molecule has 2 rings (SSSR count). The van der Waals surface area contributed by atoms with E-state index in [0.717, 1.165) is 15.4 Å². The Hall–Kier alpha value is -3.21. The van der Waals surface area contributed by atoms with Gasteiger partial charge in [-0.25, -0.2) is 15.0 Å². The monoisotopic (exact) mass is 501 g/mol. The number of urea groups is 1. The SMILES string of the molecule is COC(=O)C(CO[Si](c1ccccc1)(c1ccccc1)C(C)(C)C)NC(=O)NN(CCO)C(C)=O. The Bertz CT molecular complexity index is 942. The first-order chi connectivity index (χ1) is 16.6. The molecule has 10 heteroatoms. The van der Waals surface area contributed by atoms with E-state index in [-0.39, 0.29) is 24.8 Å². The zero-order chi connectivity index (χ0) is 26.1. The van der Waals surface area contributed by atoms with E-state index in [2.05, 4.69) is 31.5 Å². The number of carbonyl (C=O) groups excluding carboxylic acids is 3. The number of hydrogen-bond donors (Lipinski definition) is 3. The fraction of sp³-hybridized carbons (Fsp3) is 0.400. The van der Waals surface area contributed by atoms with E-state index in [1.807, 2.05) is 60.7 Å². The van der Waals surface area contributed by atoms with Crippen LogP contribution in [0.2, 0.25) is 5.04 Å². The fourth-order valence-electron chi connectivity index (χ4n) is 3.99. The van der Waals surface area contributed by atoms with Crippen molar-refractivity contribution in [2.75, 3.05) is 26.9 Å². The quantitative estimate of drug-likeness (QED) is 0.270. The maximum atomic E-state index is 12.6. The fourth-order valence-corrected chi connectivity index (χ4v) is 8.56. The summed E-state index contributed by atoms with van der Waals surface area (Å²) in [5, 5.41) is 14.3. The van der Waals surface area contributed by atoms with Gasteiger partial charge in [0.1, 0.15) is 0 Å². The van der Waals surface area contributed by atoms with Gasteiger partial charge in [0.05, 0.1) is 26.9 Å². The van der Waals surface area contributed by atoms with Crippen LogP contribution in [0.1, 0.15) is 27.7 Å². The van der Waals surface area contributed by atoms with Crippen molar-refractivity contribution < 1.29 is 28.7 Å². The second-order valence-corrected chi connectivity index (χ2v) is 13.3. The Morgan fingerprint density at radius 1 is 1.00 bits per heavy atom. The molecular weight excluding hydrogens is 466 g/mol. The Morgan fingerprint density at radius 3 is 1.91 bits per heavy atom. The van der Waals surface area contributed by atoms with Crippen molar-refractivity contribution >= 4 is 36.6 Å². The van der Waals surface area contributed by atoms with Gasteiger partial charge in [0.15, 0.2) is 6.04 Å². The molecular formula is C25H35N3O6Si. The Kier molecular flexibility index (Phi) is 9.99. The van der Waals surface area contributed by atoms with Crippen molar-refractivity contribution in [2.24, 2.45) is 0 Å². The number of amides is 3. The highest BCUT2D eigenvalue weighted by molar-refractivity contribution is 6.99. The second kappa shape index (κ2) is 12.5. The molecule has 35 heavy (non-hydrogen) atoms. The molecule has 0 aliphatic carbocycles. The van der Waals surface area contributed by atoms with Crippen molar-refractivity contribution in [1.82, 2.24) is 15.8 Å². The van der Waals surface area contributed by atoms with Crippen molar-refractivity contribution in [3.63, 3.8) is 0 Å². The van der Waals surface area contributed by atoms with Crippen LogP contribution >= 0.6 is 0 Å². The molecule has 1 atom stereocenters. The van der Waals surface area contributed by atoms with Crippen LogP contribution in [0.3, 0.4) is 0 Å². The van der Waals surface area contributed by atoms with E-state index in [0.29, 0.717) is 0 Å². The molecule has 0 saturated carbocycles. The third kappa shape index (κ3) is 6.90. The van der Waals surface area contributed by atoms with Gasteiger partial charge in [-0.05, 0) is 15.4 Å². The summed E-state index contributed by atoms with van der Waals surface area (Å²) in [6.45, 7) is 6.99. The maximum Gasteiger partial charge on any atom is 0.334 e. The van der Waals surface area contributed by atoms with Crippen molar-refractivity contribution in [1.29, 1.82) is 0 Å². The molecule has 0 spiro atoms. The molecule has 0 radical (unpaired) electrons. The van der Waals surface area contributed by atoms with Crippen LogP contribution in [0.5, 0.6) is 0 Å². The number of aliphatic hydroxyl groups is 1. The molecule has 2 aromatic carbocycles. The Morgan fingerprint density at radius 2 is 1.51 bits per heavy atom. The zero-order valence-corrected chi connectivity index (χ0v) is 21.9. The number of hydrogen-bond acceptors (Lipinski definition) is 6. The average Bonchev–Trinajstić information content (AvgIpc) is 2.83. The van der Waals surface area contributed by atoms with Gasteiger partial charge in [0.25, 0.3) is 8.32 Å². The van der Waals surface area contributed by atoms with Gasteiger partial charge in [0.2, 0.25) is 5.91 Å². The van der Waals surface area contributed by atoms with Gasteiger partial charge in [-0.2, -0.15) is 0 Å². The van der Waals surface area contributed by atoms with Crippen molar-refractivity contribution in [3.05, 3.63) is 60.7 Å².